The molecule has 1 fully saturated rings. The van der Waals surface area contributed by atoms with Crippen LogP contribution in [0.25, 0.3) is 10.8 Å². The Morgan fingerprint density at radius 2 is 2.15 bits per heavy atom. The molecule has 1 aliphatic heterocycles. The summed E-state index contributed by atoms with van der Waals surface area (Å²) in [6.45, 7) is 0.382. The minimum absolute atomic E-state index is 0.0640. The molecule has 2 atom stereocenters. The van der Waals surface area contributed by atoms with Gasteiger partial charge in [0.05, 0.1) is 20.1 Å². The number of anilines is 3. The number of nitrogens with two attached hydrogens (primary N) is 1. The number of carbonyl (C=O) groups excluding carboxylic acids is 3. The van der Waals surface area contributed by atoms with Crippen LogP contribution in [0.4, 0.5) is 17.2 Å². The number of hydrogen-bond donors (Lipinski definition) is 4. The van der Waals surface area contributed by atoms with Crippen molar-refractivity contribution in [2.45, 2.75) is 18.6 Å². The van der Waals surface area contributed by atoms with Gasteiger partial charge in [-0.05, 0) is 35.9 Å². The maximum atomic E-state index is 13.0. The van der Waals surface area contributed by atoms with Crippen molar-refractivity contribution in [2.75, 3.05) is 36.2 Å². The van der Waals surface area contributed by atoms with E-state index in [2.05, 4.69) is 15.0 Å². The molecule has 1 saturated heterocycles. The maximum absolute atomic E-state index is 13.0. The van der Waals surface area contributed by atoms with Gasteiger partial charge in [-0.25, -0.2) is 0 Å². The van der Waals surface area contributed by atoms with Crippen molar-refractivity contribution in [1.29, 1.82) is 0 Å². The van der Waals surface area contributed by atoms with Gasteiger partial charge < -0.3 is 35.5 Å². The number of aliphatic hydroxyl groups is 1. The van der Waals surface area contributed by atoms with E-state index in [1.165, 1.54) is 12.0 Å². The number of H-pyrrole nitrogens is 1. The molecule has 0 bridgehead atoms. The zero-order chi connectivity index (χ0) is 23.5. The lowest BCUT2D eigenvalue weighted by molar-refractivity contribution is -0.150. The largest absolute Gasteiger partial charge is 0.469 e. The third kappa shape index (κ3) is 4.66. The van der Waals surface area contributed by atoms with Crippen LogP contribution in [0.1, 0.15) is 5.56 Å². The molecule has 4 rings (SSSR count). The number of nitrogen functional groups attached to an aromatic ring is 1. The highest BCUT2D eigenvalue weighted by atomic mass is 16.5. The average Bonchev–Trinajstić information content (AvgIpc) is 3.18. The minimum atomic E-state index is -1.72. The van der Waals surface area contributed by atoms with E-state index < -0.39 is 30.0 Å². The quantitative estimate of drug-likeness (QED) is 0.411. The Hall–Kier alpha value is -3.89. The zero-order valence-electron chi connectivity index (χ0n) is 17.9. The highest BCUT2D eigenvalue weighted by Crippen LogP contribution is 2.25. The fourth-order valence-electron chi connectivity index (χ4n) is 3.75. The number of carbonyl (C=O) groups is 3. The first-order valence-corrected chi connectivity index (χ1v) is 10.3. The number of aliphatic hydroxyl groups excluding tert-OH is 1. The number of fused-ring (bicyclic) bond motifs is 1. The van der Waals surface area contributed by atoms with Crippen molar-refractivity contribution >= 4 is 45.7 Å². The molecule has 2 heterocycles. The van der Waals surface area contributed by atoms with Gasteiger partial charge in [-0.2, -0.15) is 0 Å². The van der Waals surface area contributed by atoms with Gasteiger partial charge >= 0.3 is 5.97 Å². The topological polar surface area (TPSA) is 147 Å². The predicted molar refractivity (Wildman–Crippen MR) is 122 cm³/mol. The first-order chi connectivity index (χ1) is 15.9. The summed E-state index contributed by atoms with van der Waals surface area (Å²) in [5, 5.41) is 14.8. The average molecular weight is 452 g/mol. The van der Waals surface area contributed by atoms with Gasteiger partial charge in [0.15, 0.2) is 12.2 Å². The van der Waals surface area contributed by atoms with E-state index in [-0.39, 0.29) is 19.6 Å². The Balaban J connectivity index is 1.47. The number of hydrogen-bond acceptors (Lipinski definition) is 7. The molecule has 5 N–H and O–H groups in total. The second kappa shape index (κ2) is 9.31. The predicted octanol–water partition coefficient (Wildman–Crippen LogP) is 1.20. The van der Waals surface area contributed by atoms with Crippen molar-refractivity contribution in [1.82, 2.24) is 4.98 Å². The second-order valence-electron chi connectivity index (χ2n) is 7.64. The Bertz CT molecular complexity index is 1210. The molecule has 1 aromatic heterocycles. The van der Waals surface area contributed by atoms with E-state index >= 15 is 0 Å². The number of nitrogens with one attached hydrogen (secondary N) is 2. The lowest BCUT2D eigenvalue weighted by atomic mass is 10.1. The van der Waals surface area contributed by atoms with Crippen LogP contribution in [0.5, 0.6) is 0 Å². The van der Waals surface area contributed by atoms with Gasteiger partial charge in [0.25, 0.3) is 11.8 Å². The van der Waals surface area contributed by atoms with Crippen molar-refractivity contribution in [3.05, 3.63) is 54.2 Å². The molecule has 0 aliphatic carbocycles. The third-order valence-electron chi connectivity index (χ3n) is 5.47. The molecule has 2 aromatic carbocycles. The summed E-state index contributed by atoms with van der Waals surface area (Å²) in [6.07, 6.45) is -1.31. The molecule has 10 nitrogen and oxygen atoms in total. The van der Waals surface area contributed by atoms with Crippen LogP contribution in [-0.2, 0) is 30.3 Å². The van der Waals surface area contributed by atoms with Gasteiger partial charge in [0, 0.05) is 34.9 Å². The van der Waals surface area contributed by atoms with E-state index in [9.17, 15) is 19.5 Å². The lowest BCUT2D eigenvalue weighted by Crippen LogP contribution is -2.55. The first-order valence-electron chi connectivity index (χ1n) is 10.3. The molecule has 0 radical (unpaired) electrons. The molecule has 0 unspecified atom stereocenters. The molecule has 2 amide bonds. The van der Waals surface area contributed by atoms with Crippen LogP contribution in [0.2, 0.25) is 0 Å². The van der Waals surface area contributed by atoms with Crippen molar-refractivity contribution in [2.24, 2.45) is 0 Å². The van der Waals surface area contributed by atoms with Gasteiger partial charge in [-0.15, -0.1) is 0 Å². The third-order valence-corrected chi connectivity index (χ3v) is 5.47. The summed E-state index contributed by atoms with van der Waals surface area (Å²) in [5.41, 5.74) is 7.49. The lowest BCUT2D eigenvalue weighted by Gasteiger charge is -2.34. The number of benzene rings is 2. The summed E-state index contributed by atoms with van der Waals surface area (Å²) in [6, 6.07) is 12.0. The Morgan fingerprint density at radius 3 is 2.94 bits per heavy atom. The SMILES string of the molecule is COC(=O)Cc1cccc(N2CCO[C@H]([C@@H](O)C(=O)Nc3ccc4c(N)[nH]cc4c3)C2=O)c1. The number of rotatable bonds is 6. The standard InChI is InChI=1S/C23H24N4O6/c1-32-18(28)10-13-3-2-4-16(9-13)27-7-8-33-20(23(27)31)19(29)22(30)26-15-5-6-17-14(11-15)12-25-21(17)24/h2-6,9,11-12,19-20,25,29H,7-8,10,24H2,1H3,(H,26,30)/t19-,20-/m1/s1. The first kappa shape index (κ1) is 22.3. The number of nitrogens with zero attached hydrogens (tertiary/aromatic N) is 1. The number of aromatic nitrogens is 1. The number of aromatic amines is 1. The van der Waals surface area contributed by atoms with Gasteiger partial charge in [-0.3, -0.25) is 14.4 Å². The molecule has 0 saturated carbocycles. The Morgan fingerprint density at radius 1 is 1.33 bits per heavy atom. The number of methoxy groups -OCH3 is 1. The monoisotopic (exact) mass is 452 g/mol. The van der Waals surface area contributed by atoms with Crippen LogP contribution in [0.3, 0.4) is 0 Å². The van der Waals surface area contributed by atoms with Gasteiger partial charge in [0.2, 0.25) is 0 Å². The van der Waals surface area contributed by atoms with Crippen molar-refractivity contribution < 1.29 is 29.0 Å². The zero-order valence-corrected chi connectivity index (χ0v) is 17.9. The number of amides is 2. The van der Waals surface area contributed by atoms with E-state index in [1.807, 2.05) is 0 Å². The van der Waals surface area contributed by atoms with Gasteiger partial charge in [-0.1, -0.05) is 12.1 Å². The molecule has 1 aliphatic rings. The summed E-state index contributed by atoms with van der Waals surface area (Å²) in [5.74, 6) is -1.20. The molecule has 33 heavy (non-hydrogen) atoms. The molecular weight excluding hydrogens is 428 g/mol. The van der Waals surface area contributed by atoms with Crippen LogP contribution < -0.4 is 16.0 Å². The highest BCUT2D eigenvalue weighted by Gasteiger charge is 2.39. The van der Waals surface area contributed by atoms with E-state index in [4.69, 9.17) is 10.5 Å². The minimum Gasteiger partial charge on any atom is -0.469 e. The maximum Gasteiger partial charge on any atom is 0.309 e. The van der Waals surface area contributed by atoms with Crippen LogP contribution in [0.15, 0.2) is 48.7 Å². The van der Waals surface area contributed by atoms with Crippen LogP contribution in [-0.4, -0.2) is 60.3 Å². The van der Waals surface area contributed by atoms with Crippen LogP contribution in [0, 0.1) is 0 Å². The fraction of sp³-hybridized carbons (Fsp3) is 0.261. The molecule has 10 heteroatoms. The highest BCUT2D eigenvalue weighted by molar-refractivity contribution is 6.04. The fourth-order valence-corrected chi connectivity index (χ4v) is 3.75. The number of ether oxygens (including phenoxy) is 2. The summed E-state index contributed by atoms with van der Waals surface area (Å²) >= 11 is 0. The molecule has 172 valence electrons. The van der Waals surface area contributed by atoms with E-state index in [0.29, 0.717) is 22.8 Å². The summed E-state index contributed by atoms with van der Waals surface area (Å²) in [4.78, 5) is 41.6. The van der Waals surface area contributed by atoms with Crippen LogP contribution >= 0.6 is 0 Å². The molecular formula is C23H24N4O6. The number of morpholine rings is 1. The Kier molecular flexibility index (Phi) is 6.29. The molecule has 0 spiro atoms. The Labute approximate surface area is 189 Å². The van der Waals surface area contributed by atoms with Gasteiger partial charge in [0.1, 0.15) is 5.82 Å². The van der Waals surface area contributed by atoms with Crippen molar-refractivity contribution in [3.8, 4) is 0 Å². The second-order valence-corrected chi connectivity index (χ2v) is 7.64. The normalized spacial score (nSPS) is 17.1. The smallest absolute Gasteiger partial charge is 0.309 e. The van der Waals surface area contributed by atoms with E-state index in [0.717, 1.165) is 10.8 Å². The molecule has 3 aromatic rings. The summed E-state index contributed by atoms with van der Waals surface area (Å²) in [7, 11) is 1.31. The van der Waals surface area contributed by atoms with Crippen molar-refractivity contribution in [3.63, 3.8) is 0 Å². The van der Waals surface area contributed by atoms with E-state index in [1.54, 1.807) is 48.7 Å². The summed E-state index contributed by atoms with van der Waals surface area (Å²) < 4.78 is 10.1. The number of esters is 1.